The summed E-state index contributed by atoms with van der Waals surface area (Å²) in [4.78, 5) is 26.3. The molecule has 1 amide bonds. The van der Waals surface area contributed by atoms with Gasteiger partial charge in [0.05, 0.1) is 12.5 Å². The van der Waals surface area contributed by atoms with E-state index in [1.165, 1.54) is 17.5 Å². The van der Waals surface area contributed by atoms with Crippen molar-refractivity contribution in [1.29, 1.82) is 0 Å². The van der Waals surface area contributed by atoms with E-state index in [4.69, 9.17) is 4.74 Å². The molecule has 1 aromatic rings. The maximum Gasteiger partial charge on any atom is 0.310 e. The number of hydrogen-bond acceptors (Lipinski definition) is 4. The quantitative estimate of drug-likeness (QED) is 0.806. The number of anilines is 1. The summed E-state index contributed by atoms with van der Waals surface area (Å²) in [5.41, 5.74) is 3.68. The lowest BCUT2D eigenvalue weighted by Crippen LogP contribution is -2.40. The molecule has 1 atom stereocenters. The number of fused-ring (bicyclic) bond motifs is 1. The van der Waals surface area contributed by atoms with Gasteiger partial charge in [0.25, 0.3) is 0 Å². The van der Waals surface area contributed by atoms with Gasteiger partial charge in [0.15, 0.2) is 0 Å². The highest BCUT2D eigenvalue weighted by Crippen LogP contribution is 2.25. The molecule has 0 radical (unpaired) electrons. The summed E-state index contributed by atoms with van der Waals surface area (Å²) in [6, 6.07) is 6.24. The molecule has 1 aromatic carbocycles. The Morgan fingerprint density at radius 2 is 2.08 bits per heavy atom. The van der Waals surface area contributed by atoms with Crippen molar-refractivity contribution >= 4 is 17.6 Å². The van der Waals surface area contributed by atoms with Crippen LogP contribution in [0.1, 0.15) is 43.7 Å². The minimum atomic E-state index is -0.102. The Hall–Kier alpha value is -1.88. The van der Waals surface area contributed by atoms with E-state index in [2.05, 4.69) is 22.3 Å². The van der Waals surface area contributed by atoms with Gasteiger partial charge >= 0.3 is 5.97 Å². The van der Waals surface area contributed by atoms with E-state index in [0.29, 0.717) is 26.1 Å². The van der Waals surface area contributed by atoms with Crippen LogP contribution >= 0.6 is 0 Å². The van der Waals surface area contributed by atoms with Gasteiger partial charge in [-0.05, 0) is 68.8 Å². The van der Waals surface area contributed by atoms with E-state index < -0.39 is 0 Å². The average molecular weight is 344 g/mol. The molecule has 2 aliphatic rings. The lowest BCUT2D eigenvalue weighted by molar-refractivity contribution is -0.149. The molecule has 0 aromatic heterocycles. The third-order valence-corrected chi connectivity index (χ3v) is 5.16. The second kappa shape index (κ2) is 8.48. The van der Waals surface area contributed by atoms with Crippen molar-refractivity contribution in [3.05, 3.63) is 29.3 Å². The summed E-state index contributed by atoms with van der Waals surface area (Å²) in [7, 11) is 0. The number of benzene rings is 1. The molecule has 1 aliphatic carbocycles. The van der Waals surface area contributed by atoms with Gasteiger partial charge in [-0.15, -0.1) is 0 Å². The molecule has 1 saturated heterocycles. The van der Waals surface area contributed by atoms with E-state index >= 15 is 0 Å². The summed E-state index contributed by atoms with van der Waals surface area (Å²) >= 11 is 0. The molecule has 1 heterocycles. The number of aryl methyl sites for hydroxylation is 2. The Kier molecular flexibility index (Phi) is 6.08. The van der Waals surface area contributed by atoms with Gasteiger partial charge < -0.3 is 15.0 Å². The van der Waals surface area contributed by atoms with Crippen LogP contribution in [0.3, 0.4) is 0 Å². The minimum Gasteiger partial charge on any atom is -0.466 e. The molecule has 3 rings (SSSR count). The number of amides is 1. The summed E-state index contributed by atoms with van der Waals surface area (Å²) in [5.74, 6) is -0.112. The Balaban J connectivity index is 1.45. The Labute approximate surface area is 149 Å². The van der Waals surface area contributed by atoms with Gasteiger partial charge in [-0.2, -0.15) is 0 Å². The highest BCUT2D eigenvalue weighted by atomic mass is 16.5. The van der Waals surface area contributed by atoms with E-state index in [1.54, 1.807) is 0 Å². The van der Waals surface area contributed by atoms with Crippen molar-refractivity contribution in [3.8, 4) is 0 Å². The van der Waals surface area contributed by atoms with Gasteiger partial charge in [0, 0.05) is 25.2 Å². The summed E-state index contributed by atoms with van der Waals surface area (Å²) in [5, 5.41) is 3.01. The highest BCUT2D eigenvalue weighted by molar-refractivity contribution is 5.91. The van der Waals surface area contributed by atoms with E-state index in [1.807, 2.05) is 13.0 Å². The van der Waals surface area contributed by atoms with Crippen molar-refractivity contribution in [2.45, 2.75) is 45.4 Å². The first-order valence-corrected chi connectivity index (χ1v) is 9.46. The molecule has 1 N–H and O–H groups in total. The maximum atomic E-state index is 12.2. The lowest BCUT2D eigenvalue weighted by atomic mass is 9.98. The molecule has 0 unspecified atom stereocenters. The van der Waals surface area contributed by atoms with Crippen LogP contribution in [0.2, 0.25) is 0 Å². The molecule has 0 saturated carbocycles. The molecule has 25 heavy (non-hydrogen) atoms. The topological polar surface area (TPSA) is 58.6 Å². The fourth-order valence-corrected chi connectivity index (χ4v) is 3.84. The number of likely N-dealkylation sites (tertiary alicyclic amines) is 1. The third kappa shape index (κ3) is 4.82. The molecule has 5 nitrogen and oxygen atoms in total. The number of rotatable bonds is 6. The zero-order chi connectivity index (χ0) is 17.6. The predicted molar refractivity (Wildman–Crippen MR) is 97.5 cm³/mol. The zero-order valence-corrected chi connectivity index (χ0v) is 15.1. The van der Waals surface area contributed by atoms with Crippen molar-refractivity contribution in [1.82, 2.24) is 4.90 Å². The molecule has 1 aliphatic heterocycles. The first-order valence-electron chi connectivity index (χ1n) is 9.46. The van der Waals surface area contributed by atoms with Crippen LogP contribution in [0.4, 0.5) is 5.69 Å². The van der Waals surface area contributed by atoms with Gasteiger partial charge in [0.2, 0.25) is 5.91 Å². The average Bonchev–Trinajstić information content (AvgIpc) is 3.08. The van der Waals surface area contributed by atoms with E-state index in [-0.39, 0.29) is 17.8 Å². The molecule has 5 heteroatoms. The van der Waals surface area contributed by atoms with Gasteiger partial charge in [-0.1, -0.05) is 6.07 Å². The van der Waals surface area contributed by atoms with E-state index in [0.717, 1.165) is 37.9 Å². The first kappa shape index (κ1) is 17.9. The number of esters is 1. The van der Waals surface area contributed by atoms with Crippen molar-refractivity contribution in [2.24, 2.45) is 5.92 Å². The Bertz CT molecular complexity index is 629. The highest BCUT2D eigenvalue weighted by Gasteiger charge is 2.26. The largest absolute Gasteiger partial charge is 0.466 e. The fraction of sp³-hybridized carbons (Fsp3) is 0.600. The van der Waals surface area contributed by atoms with Crippen molar-refractivity contribution < 1.29 is 14.3 Å². The Morgan fingerprint density at radius 3 is 2.92 bits per heavy atom. The zero-order valence-electron chi connectivity index (χ0n) is 15.1. The van der Waals surface area contributed by atoms with Crippen LogP contribution in [-0.4, -0.2) is 43.0 Å². The van der Waals surface area contributed by atoms with Crippen molar-refractivity contribution in [3.63, 3.8) is 0 Å². The van der Waals surface area contributed by atoms with Crippen molar-refractivity contribution in [2.75, 3.05) is 31.6 Å². The minimum absolute atomic E-state index is 0.0382. The predicted octanol–water partition coefficient (Wildman–Crippen LogP) is 2.78. The fourth-order valence-electron chi connectivity index (χ4n) is 3.84. The normalized spacial score (nSPS) is 20.1. The number of ether oxygens (including phenoxy) is 1. The van der Waals surface area contributed by atoms with Gasteiger partial charge in [-0.3, -0.25) is 9.59 Å². The SMILES string of the molecule is CCOC(=O)[C@@H]1CCCN(CCC(=O)Nc2ccc3c(c2)CCC3)C1. The van der Waals surface area contributed by atoms with Crippen LogP contribution < -0.4 is 5.32 Å². The molecule has 0 bridgehead atoms. The number of carbonyl (C=O) groups excluding carboxylic acids is 2. The van der Waals surface area contributed by atoms with Crippen LogP contribution in [-0.2, 0) is 27.2 Å². The number of nitrogens with zero attached hydrogens (tertiary/aromatic N) is 1. The van der Waals surface area contributed by atoms with Crippen LogP contribution in [0.25, 0.3) is 0 Å². The number of carbonyl (C=O) groups is 2. The third-order valence-electron chi connectivity index (χ3n) is 5.16. The summed E-state index contributed by atoms with van der Waals surface area (Å²) < 4.78 is 5.13. The molecule has 1 fully saturated rings. The molecular weight excluding hydrogens is 316 g/mol. The van der Waals surface area contributed by atoms with E-state index in [9.17, 15) is 9.59 Å². The maximum absolute atomic E-state index is 12.2. The molecular formula is C20H28N2O3. The summed E-state index contributed by atoms with van der Waals surface area (Å²) in [6.45, 7) is 4.60. The second-order valence-corrected chi connectivity index (χ2v) is 7.03. The second-order valence-electron chi connectivity index (χ2n) is 7.03. The van der Waals surface area contributed by atoms with Crippen LogP contribution in [0.15, 0.2) is 18.2 Å². The first-order chi connectivity index (χ1) is 12.2. The molecule has 0 spiro atoms. The van der Waals surface area contributed by atoms with Gasteiger partial charge in [0.1, 0.15) is 0 Å². The van der Waals surface area contributed by atoms with Crippen LogP contribution in [0.5, 0.6) is 0 Å². The Morgan fingerprint density at radius 1 is 1.24 bits per heavy atom. The van der Waals surface area contributed by atoms with Crippen LogP contribution in [0, 0.1) is 5.92 Å². The summed E-state index contributed by atoms with van der Waals surface area (Å²) in [6.07, 6.45) is 5.80. The monoisotopic (exact) mass is 344 g/mol. The molecule has 136 valence electrons. The smallest absolute Gasteiger partial charge is 0.310 e. The number of hydrogen-bond donors (Lipinski definition) is 1. The van der Waals surface area contributed by atoms with Gasteiger partial charge in [-0.25, -0.2) is 0 Å². The lowest BCUT2D eigenvalue weighted by Gasteiger charge is -2.31. The number of nitrogens with one attached hydrogen (secondary N) is 1. The number of piperidine rings is 1. The standard InChI is InChI=1S/C20H28N2O3/c1-2-25-20(24)17-7-4-11-22(14-17)12-10-19(23)21-18-9-8-15-5-3-6-16(15)13-18/h8-9,13,17H,2-7,10-12,14H2,1H3,(H,21,23)/t17-/m1/s1.